The molecule has 3 rings (SSSR count). The van der Waals surface area contributed by atoms with E-state index in [9.17, 15) is 14.9 Å². The highest BCUT2D eigenvalue weighted by molar-refractivity contribution is 7.15. The van der Waals surface area contributed by atoms with Gasteiger partial charge in [-0.1, -0.05) is 22.9 Å². The summed E-state index contributed by atoms with van der Waals surface area (Å²) in [5.74, 6) is 0.260. The minimum atomic E-state index is -0.482. The van der Waals surface area contributed by atoms with Crippen molar-refractivity contribution in [2.75, 3.05) is 5.32 Å². The number of benzene rings is 2. The number of nitrogens with zero attached hydrogens (tertiary/aromatic N) is 3. The lowest BCUT2D eigenvalue weighted by atomic mass is 10.2. The maximum Gasteiger partial charge on any atom is 0.269 e. The number of nitro benzene ring substituents is 1. The number of anilines is 1. The molecule has 142 valence electrons. The molecular weight excluding hydrogens is 404 g/mol. The Morgan fingerprint density at radius 1 is 1.18 bits per heavy atom. The van der Waals surface area contributed by atoms with Crippen molar-refractivity contribution in [2.45, 2.75) is 6.61 Å². The molecule has 0 saturated heterocycles. The lowest BCUT2D eigenvalue weighted by Crippen LogP contribution is -2.07. The van der Waals surface area contributed by atoms with Crippen LogP contribution < -0.4 is 10.1 Å². The number of nitrogens with one attached hydrogen (secondary N) is 1. The topological polar surface area (TPSA) is 107 Å². The average Bonchev–Trinajstić information content (AvgIpc) is 3.13. The first-order valence-electron chi connectivity index (χ1n) is 7.94. The molecule has 0 aliphatic rings. The number of nitro groups is 1. The van der Waals surface area contributed by atoms with Gasteiger partial charge in [0.2, 0.25) is 11.0 Å². The van der Waals surface area contributed by atoms with Gasteiger partial charge in [-0.25, -0.2) is 0 Å². The third-order valence-electron chi connectivity index (χ3n) is 3.40. The Kier molecular flexibility index (Phi) is 6.30. The van der Waals surface area contributed by atoms with Crippen molar-refractivity contribution in [1.29, 1.82) is 0 Å². The van der Waals surface area contributed by atoms with E-state index in [4.69, 9.17) is 16.3 Å². The van der Waals surface area contributed by atoms with E-state index in [2.05, 4.69) is 15.5 Å². The molecule has 3 aromatic rings. The van der Waals surface area contributed by atoms with E-state index in [1.165, 1.54) is 29.5 Å². The fourth-order valence-electron chi connectivity index (χ4n) is 2.06. The van der Waals surface area contributed by atoms with Crippen LogP contribution in [0.3, 0.4) is 0 Å². The molecule has 0 aliphatic carbocycles. The summed E-state index contributed by atoms with van der Waals surface area (Å²) in [4.78, 5) is 22.1. The van der Waals surface area contributed by atoms with Gasteiger partial charge in [0.1, 0.15) is 12.4 Å². The highest BCUT2D eigenvalue weighted by Crippen LogP contribution is 2.20. The Morgan fingerprint density at radius 2 is 1.89 bits per heavy atom. The molecule has 0 radical (unpaired) electrons. The van der Waals surface area contributed by atoms with Crippen LogP contribution in [0.1, 0.15) is 10.6 Å². The van der Waals surface area contributed by atoms with Crippen molar-refractivity contribution in [3.05, 3.63) is 80.3 Å². The van der Waals surface area contributed by atoms with Crippen molar-refractivity contribution in [2.24, 2.45) is 0 Å². The first-order chi connectivity index (χ1) is 13.5. The molecule has 0 atom stereocenters. The van der Waals surface area contributed by atoms with Crippen LogP contribution >= 0.6 is 22.9 Å². The zero-order valence-corrected chi connectivity index (χ0v) is 15.8. The predicted molar refractivity (Wildman–Crippen MR) is 106 cm³/mol. The number of amides is 1. The number of aromatic nitrogens is 2. The molecule has 0 fully saturated rings. The van der Waals surface area contributed by atoms with Gasteiger partial charge in [0, 0.05) is 23.2 Å². The zero-order chi connectivity index (χ0) is 19.9. The third-order valence-corrected chi connectivity index (χ3v) is 4.47. The highest BCUT2D eigenvalue weighted by atomic mass is 35.5. The van der Waals surface area contributed by atoms with E-state index in [1.807, 2.05) is 0 Å². The van der Waals surface area contributed by atoms with Gasteiger partial charge in [-0.15, -0.1) is 10.2 Å². The summed E-state index contributed by atoms with van der Waals surface area (Å²) < 4.78 is 5.57. The molecule has 0 bridgehead atoms. The lowest BCUT2D eigenvalue weighted by Gasteiger charge is -2.02. The maximum absolute atomic E-state index is 12.0. The molecule has 0 spiro atoms. The second kappa shape index (κ2) is 9.07. The number of non-ortho nitro benzene ring substituents is 1. The van der Waals surface area contributed by atoms with Crippen LogP contribution in [-0.4, -0.2) is 21.0 Å². The quantitative estimate of drug-likeness (QED) is 0.349. The number of hydrogen-bond acceptors (Lipinski definition) is 7. The van der Waals surface area contributed by atoms with Gasteiger partial charge < -0.3 is 4.74 Å². The normalized spacial score (nSPS) is 10.8. The van der Waals surface area contributed by atoms with Gasteiger partial charge in [0.25, 0.3) is 5.69 Å². The first kappa shape index (κ1) is 19.5. The molecule has 0 unspecified atom stereocenters. The highest BCUT2D eigenvalue weighted by Gasteiger charge is 2.08. The molecule has 1 amide bonds. The van der Waals surface area contributed by atoms with E-state index >= 15 is 0 Å². The second-order valence-electron chi connectivity index (χ2n) is 5.41. The molecule has 10 heteroatoms. The summed E-state index contributed by atoms with van der Waals surface area (Å²) in [6.07, 6.45) is 2.86. The van der Waals surface area contributed by atoms with Crippen molar-refractivity contribution >= 4 is 45.7 Å². The molecule has 1 N–H and O–H groups in total. The summed E-state index contributed by atoms with van der Waals surface area (Å²) in [6, 6.07) is 12.8. The van der Waals surface area contributed by atoms with Crippen LogP contribution in [-0.2, 0) is 11.4 Å². The summed E-state index contributed by atoms with van der Waals surface area (Å²) in [6.45, 7) is 0.216. The van der Waals surface area contributed by atoms with Crippen LogP contribution in [0.5, 0.6) is 5.75 Å². The van der Waals surface area contributed by atoms with E-state index in [1.54, 1.807) is 42.5 Å². The standard InChI is InChI=1S/C18H13ClN4O4S/c19-13-4-8-15(9-5-13)27-11-17-21-22-18(28-17)20-16(24)10-3-12-1-6-14(7-2-12)23(25)26/h1-10H,11H2,(H,20,22,24). The smallest absolute Gasteiger partial charge is 0.269 e. The number of hydrogen-bond donors (Lipinski definition) is 1. The van der Waals surface area contributed by atoms with E-state index in [0.29, 0.717) is 26.5 Å². The Balaban J connectivity index is 1.51. The molecule has 28 heavy (non-hydrogen) atoms. The molecular formula is C18H13ClN4O4S. The fraction of sp³-hybridized carbons (Fsp3) is 0.0556. The number of ether oxygens (including phenoxy) is 1. The van der Waals surface area contributed by atoms with Crippen molar-refractivity contribution < 1.29 is 14.5 Å². The lowest BCUT2D eigenvalue weighted by molar-refractivity contribution is -0.384. The Hall–Kier alpha value is -3.30. The van der Waals surface area contributed by atoms with Crippen molar-refractivity contribution in [1.82, 2.24) is 10.2 Å². The Bertz CT molecular complexity index is 1000. The van der Waals surface area contributed by atoms with Gasteiger partial charge in [-0.3, -0.25) is 20.2 Å². The van der Waals surface area contributed by atoms with E-state index in [0.717, 1.165) is 0 Å². The Labute approximate surface area is 168 Å². The second-order valence-corrected chi connectivity index (χ2v) is 6.91. The fourth-order valence-corrected chi connectivity index (χ4v) is 2.85. The van der Waals surface area contributed by atoms with Gasteiger partial charge in [-0.05, 0) is 48.0 Å². The van der Waals surface area contributed by atoms with Crippen LogP contribution in [0.25, 0.3) is 6.08 Å². The summed E-state index contributed by atoms with van der Waals surface area (Å²) in [7, 11) is 0. The molecule has 2 aromatic carbocycles. The average molecular weight is 417 g/mol. The van der Waals surface area contributed by atoms with Crippen LogP contribution in [0.15, 0.2) is 54.6 Å². The van der Waals surface area contributed by atoms with Crippen molar-refractivity contribution in [3.63, 3.8) is 0 Å². The summed E-state index contributed by atoms with van der Waals surface area (Å²) >= 11 is 7.01. The molecule has 0 aliphatic heterocycles. The van der Waals surface area contributed by atoms with Crippen LogP contribution in [0.2, 0.25) is 5.02 Å². The SMILES string of the molecule is O=C(C=Cc1ccc([N+](=O)[O-])cc1)Nc1nnc(COc2ccc(Cl)cc2)s1. The first-order valence-corrected chi connectivity index (χ1v) is 9.13. The molecule has 0 saturated carbocycles. The summed E-state index contributed by atoms with van der Waals surface area (Å²) in [5.41, 5.74) is 0.652. The summed E-state index contributed by atoms with van der Waals surface area (Å²) in [5, 5.41) is 22.6. The van der Waals surface area contributed by atoms with Gasteiger partial charge in [0.05, 0.1) is 4.92 Å². The number of halogens is 1. The van der Waals surface area contributed by atoms with Gasteiger partial charge in [-0.2, -0.15) is 0 Å². The monoisotopic (exact) mass is 416 g/mol. The minimum absolute atomic E-state index is 0.0104. The van der Waals surface area contributed by atoms with Crippen LogP contribution in [0.4, 0.5) is 10.8 Å². The maximum atomic E-state index is 12.0. The number of rotatable bonds is 7. The molecule has 8 nitrogen and oxygen atoms in total. The Morgan fingerprint density at radius 3 is 2.57 bits per heavy atom. The zero-order valence-electron chi connectivity index (χ0n) is 14.2. The third kappa shape index (κ3) is 5.60. The van der Waals surface area contributed by atoms with Crippen LogP contribution in [0, 0.1) is 10.1 Å². The molecule has 1 aromatic heterocycles. The number of carbonyl (C=O) groups excluding carboxylic acids is 1. The van der Waals surface area contributed by atoms with E-state index < -0.39 is 4.92 Å². The predicted octanol–water partition coefficient (Wildman–Crippen LogP) is 4.33. The number of carbonyl (C=O) groups is 1. The molecule has 1 heterocycles. The van der Waals surface area contributed by atoms with Crippen molar-refractivity contribution in [3.8, 4) is 5.75 Å². The van der Waals surface area contributed by atoms with Gasteiger partial charge >= 0.3 is 0 Å². The van der Waals surface area contributed by atoms with E-state index in [-0.39, 0.29) is 18.2 Å². The minimum Gasteiger partial charge on any atom is -0.486 e. The largest absolute Gasteiger partial charge is 0.486 e. The van der Waals surface area contributed by atoms with Gasteiger partial charge in [0.15, 0.2) is 5.01 Å².